The zero-order valence-corrected chi connectivity index (χ0v) is 28.3. The summed E-state index contributed by atoms with van der Waals surface area (Å²) in [5.41, 5.74) is 13.7. The van der Waals surface area contributed by atoms with E-state index in [2.05, 4.69) is 187 Å². The highest BCUT2D eigenvalue weighted by Crippen LogP contribution is 2.63. The van der Waals surface area contributed by atoms with Gasteiger partial charge in [-0.05, 0) is 86.1 Å². The Morgan fingerprint density at radius 3 is 1.92 bits per heavy atom. The van der Waals surface area contributed by atoms with Crippen molar-refractivity contribution in [1.82, 2.24) is 0 Å². The lowest BCUT2D eigenvalue weighted by molar-refractivity contribution is 0.436. The first-order chi connectivity index (χ1) is 25.8. The van der Waals surface area contributed by atoms with Crippen molar-refractivity contribution in [3.05, 3.63) is 221 Å². The Labute approximate surface area is 302 Å². The SMILES string of the molecule is c1ccc(C2N=C(c3cccc(-c4cccc5c4-c4cc6ccccc6cc4C54c5ccccc5Oc5ccccc54)c3)Nc3ccccc32)cc1. The molecule has 3 heteroatoms. The second-order valence-corrected chi connectivity index (χ2v) is 13.9. The quantitative estimate of drug-likeness (QED) is 0.204. The molecule has 0 bridgehead atoms. The maximum absolute atomic E-state index is 6.62. The lowest BCUT2D eigenvalue weighted by Gasteiger charge is -2.39. The van der Waals surface area contributed by atoms with Gasteiger partial charge in [0.15, 0.2) is 0 Å². The number of benzene rings is 8. The summed E-state index contributed by atoms with van der Waals surface area (Å²) in [5.74, 6) is 2.67. The smallest absolute Gasteiger partial charge is 0.133 e. The van der Waals surface area contributed by atoms with E-state index in [-0.39, 0.29) is 6.04 Å². The Kier molecular flexibility index (Phi) is 6.23. The van der Waals surface area contributed by atoms with Crippen molar-refractivity contribution >= 4 is 22.3 Å². The zero-order valence-electron chi connectivity index (χ0n) is 28.3. The summed E-state index contributed by atoms with van der Waals surface area (Å²) in [4.78, 5) is 5.35. The van der Waals surface area contributed by atoms with Crippen LogP contribution in [0.4, 0.5) is 5.69 Å². The van der Waals surface area contributed by atoms with Crippen molar-refractivity contribution in [2.75, 3.05) is 5.32 Å². The highest BCUT2D eigenvalue weighted by molar-refractivity contribution is 6.11. The predicted octanol–water partition coefficient (Wildman–Crippen LogP) is 11.9. The number of para-hydroxylation sites is 3. The fourth-order valence-electron chi connectivity index (χ4n) is 8.95. The highest BCUT2D eigenvalue weighted by Gasteiger charge is 2.51. The number of amidine groups is 1. The minimum atomic E-state index is -0.546. The fraction of sp³-hybridized carbons (Fsp3) is 0.0408. The van der Waals surface area contributed by atoms with Crippen molar-refractivity contribution < 1.29 is 4.74 Å². The van der Waals surface area contributed by atoms with Crippen LogP contribution in [0.5, 0.6) is 11.5 Å². The van der Waals surface area contributed by atoms with Crippen LogP contribution in [-0.4, -0.2) is 5.84 Å². The summed E-state index contributed by atoms with van der Waals surface area (Å²) < 4.78 is 6.62. The summed E-state index contributed by atoms with van der Waals surface area (Å²) in [6.07, 6.45) is 0. The first-order valence-corrected chi connectivity index (χ1v) is 17.9. The van der Waals surface area contributed by atoms with Gasteiger partial charge in [-0.2, -0.15) is 0 Å². The van der Waals surface area contributed by atoms with Gasteiger partial charge < -0.3 is 10.1 Å². The molecule has 0 saturated heterocycles. The lowest BCUT2D eigenvalue weighted by atomic mass is 9.66. The summed E-state index contributed by atoms with van der Waals surface area (Å²) in [6, 6.07) is 65.4. The van der Waals surface area contributed by atoms with Crippen LogP contribution in [0.3, 0.4) is 0 Å². The van der Waals surface area contributed by atoms with Crippen LogP contribution in [0.2, 0.25) is 0 Å². The molecule has 2 heterocycles. The monoisotopic (exact) mass is 664 g/mol. The van der Waals surface area contributed by atoms with E-state index in [0.717, 1.165) is 34.1 Å². The molecule has 0 saturated carbocycles. The average Bonchev–Trinajstić information content (AvgIpc) is 3.49. The van der Waals surface area contributed by atoms with Gasteiger partial charge in [-0.1, -0.05) is 146 Å². The third kappa shape index (κ3) is 4.11. The van der Waals surface area contributed by atoms with Crippen molar-refractivity contribution in [1.29, 1.82) is 0 Å². The maximum atomic E-state index is 6.62. The highest BCUT2D eigenvalue weighted by atomic mass is 16.5. The largest absolute Gasteiger partial charge is 0.457 e. The van der Waals surface area contributed by atoms with Crippen LogP contribution in [0.1, 0.15) is 45.0 Å². The number of fused-ring (bicyclic) bond motifs is 11. The van der Waals surface area contributed by atoms with Gasteiger partial charge in [-0.25, -0.2) is 0 Å². The standard InChI is InChI=1S/C49H32N2O/c1-2-14-31(15-3-1)47-37-20-6-9-25-43(37)50-48(51-47)35-19-12-18-34(28-35)36-21-13-24-41-46(36)38-29-32-16-4-5-17-33(32)30-42(38)49(41)39-22-7-10-26-44(39)52-45-27-11-8-23-40(45)49/h1-30,47H,(H,50,51). The number of nitrogens with one attached hydrogen (secondary N) is 1. The molecule has 11 rings (SSSR count). The van der Waals surface area contributed by atoms with E-state index < -0.39 is 5.41 Å². The Hall–Kier alpha value is -6.71. The van der Waals surface area contributed by atoms with Gasteiger partial charge in [0, 0.05) is 27.9 Å². The van der Waals surface area contributed by atoms with Gasteiger partial charge in [-0.3, -0.25) is 4.99 Å². The number of nitrogens with zero attached hydrogens (tertiary/aromatic N) is 1. The number of hydrogen-bond acceptors (Lipinski definition) is 3. The van der Waals surface area contributed by atoms with Crippen LogP contribution in [-0.2, 0) is 5.41 Å². The molecule has 2 aliphatic heterocycles. The Bertz CT molecular complexity index is 2720. The topological polar surface area (TPSA) is 33.6 Å². The molecule has 1 N–H and O–H groups in total. The molecule has 0 fully saturated rings. The molecule has 8 aromatic carbocycles. The third-order valence-corrected chi connectivity index (χ3v) is 11.2. The number of rotatable bonds is 3. The summed E-state index contributed by atoms with van der Waals surface area (Å²) in [7, 11) is 0. The molecule has 0 radical (unpaired) electrons. The summed E-state index contributed by atoms with van der Waals surface area (Å²) in [5, 5.41) is 6.14. The number of aliphatic imine (C=N–C) groups is 1. The molecule has 8 aromatic rings. The summed E-state index contributed by atoms with van der Waals surface area (Å²) >= 11 is 0. The Morgan fingerprint density at radius 2 is 1.12 bits per heavy atom. The lowest BCUT2D eigenvalue weighted by Crippen LogP contribution is -2.32. The summed E-state index contributed by atoms with van der Waals surface area (Å²) in [6.45, 7) is 0. The Morgan fingerprint density at radius 1 is 0.481 bits per heavy atom. The predicted molar refractivity (Wildman–Crippen MR) is 212 cm³/mol. The first kappa shape index (κ1) is 29.1. The van der Waals surface area contributed by atoms with Crippen molar-refractivity contribution in [3.63, 3.8) is 0 Å². The normalized spacial score (nSPS) is 15.7. The van der Waals surface area contributed by atoms with E-state index in [0.29, 0.717) is 0 Å². The van der Waals surface area contributed by atoms with Crippen LogP contribution in [0, 0.1) is 0 Å². The second kappa shape index (κ2) is 11.1. The van der Waals surface area contributed by atoms with Gasteiger partial charge in [0.05, 0.1) is 5.41 Å². The van der Waals surface area contributed by atoms with E-state index in [1.807, 2.05) is 0 Å². The molecule has 1 spiro atoms. The molecule has 0 amide bonds. The van der Waals surface area contributed by atoms with Crippen molar-refractivity contribution in [2.24, 2.45) is 4.99 Å². The molecule has 1 unspecified atom stereocenters. The molecule has 1 aliphatic carbocycles. The fourth-order valence-corrected chi connectivity index (χ4v) is 8.95. The van der Waals surface area contributed by atoms with Gasteiger partial charge >= 0.3 is 0 Å². The number of hydrogen-bond donors (Lipinski definition) is 1. The van der Waals surface area contributed by atoms with E-state index >= 15 is 0 Å². The second-order valence-electron chi connectivity index (χ2n) is 13.9. The molecule has 3 aliphatic rings. The average molecular weight is 665 g/mol. The molecule has 3 nitrogen and oxygen atoms in total. The van der Waals surface area contributed by atoms with Crippen LogP contribution in [0.25, 0.3) is 33.0 Å². The van der Waals surface area contributed by atoms with Gasteiger partial charge in [0.1, 0.15) is 23.4 Å². The number of anilines is 1. The van der Waals surface area contributed by atoms with Crippen LogP contribution >= 0.6 is 0 Å². The van der Waals surface area contributed by atoms with Crippen molar-refractivity contribution in [2.45, 2.75) is 11.5 Å². The third-order valence-electron chi connectivity index (χ3n) is 11.2. The van der Waals surface area contributed by atoms with Crippen molar-refractivity contribution in [3.8, 4) is 33.8 Å². The maximum Gasteiger partial charge on any atom is 0.133 e. The molecule has 1 atom stereocenters. The minimum Gasteiger partial charge on any atom is -0.457 e. The van der Waals surface area contributed by atoms with Gasteiger partial charge in [0.2, 0.25) is 0 Å². The first-order valence-electron chi connectivity index (χ1n) is 17.9. The van der Waals surface area contributed by atoms with E-state index in [1.54, 1.807) is 0 Å². The van der Waals surface area contributed by atoms with E-state index in [1.165, 1.54) is 60.8 Å². The molecule has 244 valence electrons. The molecule has 0 aromatic heterocycles. The van der Waals surface area contributed by atoms with Gasteiger partial charge in [-0.15, -0.1) is 0 Å². The van der Waals surface area contributed by atoms with Crippen LogP contribution in [0.15, 0.2) is 187 Å². The zero-order chi connectivity index (χ0) is 34.2. The van der Waals surface area contributed by atoms with Crippen LogP contribution < -0.4 is 10.1 Å². The molecule has 52 heavy (non-hydrogen) atoms. The minimum absolute atomic E-state index is 0.0908. The van der Waals surface area contributed by atoms with Gasteiger partial charge in [0.25, 0.3) is 0 Å². The molecular weight excluding hydrogens is 633 g/mol. The number of ether oxygens (including phenoxy) is 1. The Balaban J connectivity index is 1.15. The molecular formula is C49H32N2O. The van der Waals surface area contributed by atoms with E-state index in [9.17, 15) is 0 Å². The van der Waals surface area contributed by atoms with E-state index in [4.69, 9.17) is 9.73 Å².